The van der Waals surface area contributed by atoms with Gasteiger partial charge in [-0.1, -0.05) is 6.92 Å². The fourth-order valence-corrected chi connectivity index (χ4v) is 2.15. The first-order chi connectivity index (χ1) is 10.1. The van der Waals surface area contributed by atoms with Crippen LogP contribution >= 0.6 is 0 Å². The maximum atomic E-state index is 12.3. The van der Waals surface area contributed by atoms with Crippen molar-refractivity contribution in [3.05, 3.63) is 54.4 Å². The van der Waals surface area contributed by atoms with E-state index >= 15 is 0 Å². The Labute approximate surface area is 123 Å². The minimum atomic E-state index is -0.999. The highest BCUT2D eigenvalue weighted by Crippen LogP contribution is 2.12. The summed E-state index contributed by atoms with van der Waals surface area (Å²) >= 11 is 0. The Morgan fingerprint density at radius 1 is 1.14 bits per heavy atom. The number of carbonyl (C=O) groups is 2. The molecule has 1 aromatic heterocycles. The molecule has 0 aliphatic rings. The molecule has 0 aliphatic heterocycles. The van der Waals surface area contributed by atoms with Crippen LogP contribution in [-0.4, -0.2) is 39.5 Å². The zero-order valence-electron chi connectivity index (χ0n) is 11.9. The average Bonchev–Trinajstić information content (AvgIpc) is 3.00. The van der Waals surface area contributed by atoms with E-state index in [0.29, 0.717) is 12.1 Å². The van der Waals surface area contributed by atoms with E-state index in [2.05, 4.69) is 0 Å². The van der Waals surface area contributed by atoms with Gasteiger partial charge in [0.25, 0.3) is 5.91 Å². The monoisotopic (exact) mass is 286 g/mol. The zero-order valence-corrected chi connectivity index (χ0v) is 11.9. The van der Waals surface area contributed by atoms with Crippen molar-refractivity contribution in [2.24, 2.45) is 0 Å². The molecule has 0 aliphatic carbocycles. The molecule has 1 heterocycles. The van der Waals surface area contributed by atoms with Crippen LogP contribution in [0.1, 0.15) is 23.7 Å². The maximum absolute atomic E-state index is 12.3. The molecule has 1 N–H and O–H groups in total. The van der Waals surface area contributed by atoms with Gasteiger partial charge >= 0.3 is 5.97 Å². The molecule has 2 aromatic rings. The molecule has 5 heteroatoms. The Morgan fingerprint density at radius 2 is 1.76 bits per heavy atom. The Bertz CT molecular complexity index is 603. The molecule has 0 atom stereocenters. The highest BCUT2D eigenvalue weighted by Gasteiger charge is 2.17. The molecule has 0 saturated heterocycles. The normalized spacial score (nSPS) is 10.3. The predicted molar refractivity (Wildman–Crippen MR) is 79.6 cm³/mol. The van der Waals surface area contributed by atoms with Crippen LogP contribution in [0.3, 0.4) is 0 Å². The first-order valence-corrected chi connectivity index (χ1v) is 6.86. The van der Waals surface area contributed by atoms with Gasteiger partial charge in [-0.2, -0.15) is 0 Å². The fraction of sp³-hybridized carbons (Fsp3) is 0.250. The first-order valence-electron chi connectivity index (χ1n) is 6.86. The Hall–Kier alpha value is -2.56. The lowest BCUT2D eigenvalue weighted by atomic mass is 10.1. The molecule has 1 amide bonds. The molecule has 0 saturated carbocycles. The van der Waals surface area contributed by atoms with Crippen molar-refractivity contribution in [3.8, 4) is 5.69 Å². The number of hydrogen-bond acceptors (Lipinski definition) is 2. The van der Waals surface area contributed by atoms with Gasteiger partial charge in [0.05, 0.1) is 0 Å². The second-order valence-electron chi connectivity index (χ2n) is 4.76. The number of carboxylic acids is 1. The summed E-state index contributed by atoms with van der Waals surface area (Å²) in [6.45, 7) is 2.08. The summed E-state index contributed by atoms with van der Waals surface area (Å²) in [5, 5.41) is 8.88. The standard InChI is InChI=1S/C16H18N2O3/c1-2-9-18(12-15(19)20)16(21)13-5-7-14(8-6-13)17-10-3-4-11-17/h3-8,10-11H,2,9,12H2,1H3,(H,19,20). The molecule has 0 radical (unpaired) electrons. The molecule has 0 spiro atoms. The van der Waals surface area contributed by atoms with Gasteiger partial charge in [0, 0.05) is 30.2 Å². The summed E-state index contributed by atoms with van der Waals surface area (Å²) in [7, 11) is 0. The highest BCUT2D eigenvalue weighted by molar-refractivity contribution is 5.96. The summed E-state index contributed by atoms with van der Waals surface area (Å²) < 4.78 is 1.94. The van der Waals surface area contributed by atoms with E-state index in [1.165, 1.54) is 4.90 Å². The smallest absolute Gasteiger partial charge is 0.323 e. The van der Waals surface area contributed by atoms with E-state index in [4.69, 9.17) is 5.11 Å². The van der Waals surface area contributed by atoms with Gasteiger partial charge in [0.15, 0.2) is 0 Å². The van der Waals surface area contributed by atoms with E-state index < -0.39 is 5.97 Å². The largest absolute Gasteiger partial charge is 0.480 e. The van der Waals surface area contributed by atoms with Crippen molar-refractivity contribution in [2.45, 2.75) is 13.3 Å². The number of amides is 1. The van der Waals surface area contributed by atoms with Gasteiger partial charge in [-0.3, -0.25) is 9.59 Å². The average molecular weight is 286 g/mol. The molecule has 5 nitrogen and oxygen atoms in total. The zero-order chi connectivity index (χ0) is 15.2. The van der Waals surface area contributed by atoms with Crippen molar-refractivity contribution in [1.29, 1.82) is 0 Å². The minimum Gasteiger partial charge on any atom is -0.480 e. The van der Waals surface area contributed by atoms with E-state index in [0.717, 1.165) is 12.1 Å². The van der Waals surface area contributed by atoms with Gasteiger partial charge in [0.1, 0.15) is 6.54 Å². The molecule has 0 unspecified atom stereocenters. The highest BCUT2D eigenvalue weighted by atomic mass is 16.4. The molecule has 1 aromatic carbocycles. The van der Waals surface area contributed by atoms with Crippen molar-refractivity contribution in [1.82, 2.24) is 9.47 Å². The third-order valence-corrected chi connectivity index (χ3v) is 3.12. The van der Waals surface area contributed by atoms with Crippen molar-refractivity contribution in [2.75, 3.05) is 13.1 Å². The molecule has 0 bridgehead atoms. The van der Waals surface area contributed by atoms with Gasteiger partial charge in [-0.15, -0.1) is 0 Å². The SMILES string of the molecule is CCCN(CC(=O)O)C(=O)c1ccc(-n2cccc2)cc1. The number of aromatic nitrogens is 1. The van der Waals surface area contributed by atoms with Crippen LogP contribution < -0.4 is 0 Å². The van der Waals surface area contributed by atoms with Crippen LogP contribution in [0.25, 0.3) is 5.69 Å². The summed E-state index contributed by atoms with van der Waals surface area (Å²) in [5.74, 6) is -1.25. The quantitative estimate of drug-likeness (QED) is 0.887. The lowest BCUT2D eigenvalue weighted by molar-refractivity contribution is -0.137. The van der Waals surface area contributed by atoms with Crippen LogP contribution in [0.15, 0.2) is 48.8 Å². The van der Waals surface area contributed by atoms with Crippen molar-refractivity contribution in [3.63, 3.8) is 0 Å². The number of hydrogen-bond donors (Lipinski definition) is 1. The summed E-state index contributed by atoms with van der Waals surface area (Å²) in [5.41, 5.74) is 1.46. The third-order valence-electron chi connectivity index (χ3n) is 3.12. The Balaban J connectivity index is 2.16. The minimum absolute atomic E-state index is 0.252. The van der Waals surface area contributed by atoms with Gasteiger partial charge in [-0.25, -0.2) is 0 Å². The van der Waals surface area contributed by atoms with E-state index in [-0.39, 0.29) is 12.5 Å². The maximum Gasteiger partial charge on any atom is 0.323 e. The van der Waals surface area contributed by atoms with E-state index in [1.807, 2.05) is 48.1 Å². The predicted octanol–water partition coefficient (Wildman–Crippen LogP) is 2.41. The summed E-state index contributed by atoms with van der Waals surface area (Å²) in [6, 6.07) is 11.0. The number of nitrogens with zero attached hydrogens (tertiary/aromatic N) is 2. The number of carbonyl (C=O) groups excluding carboxylic acids is 1. The second kappa shape index (κ2) is 6.74. The third kappa shape index (κ3) is 3.72. The van der Waals surface area contributed by atoms with Crippen molar-refractivity contribution < 1.29 is 14.7 Å². The van der Waals surface area contributed by atoms with Crippen LogP contribution in [-0.2, 0) is 4.79 Å². The number of rotatable bonds is 6. The Kier molecular flexibility index (Phi) is 4.77. The van der Waals surface area contributed by atoms with Crippen molar-refractivity contribution >= 4 is 11.9 Å². The molecule has 0 fully saturated rings. The van der Waals surface area contributed by atoms with Crippen LogP contribution in [0.5, 0.6) is 0 Å². The van der Waals surface area contributed by atoms with E-state index in [1.54, 1.807) is 12.1 Å². The van der Waals surface area contributed by atoms with Gasteiger partial charge in [0.2, 0.25) is 0 Å². The van der Waals surface area contributed by atoms with Gasteiger partial charge < -0.3 is 14.6 Å². The van der Waals surface area contributed by atoms with Crippen LogP contribution in [0.2, 0.25) is 0 Å². The lowest BCUT2D eigenvalue weighted by Gasteiger charge is -2.20. The fourth-order valence-electron chi connectivity index (χ4n) is 2.15. The summed E-state index contributed by atoms with van der Waals surface area (Å²) in [4.78, 5) is 24.5. The summed E-state index contributed by atoms with van der Waals surface area (Å²) in [6.07, 6.45) is 4.57. The topological polar surface area (TPSA) is 62.5 Å². The molecular weight excluding hydrogens is 268 g/mol. The van der Waals surface area contributed by atoms with E-state index in [9.17, 15) is 9.59 Å². The number of carboxylic acid groups (broad SMARTS) is 1. The van der Waals surface area contributed by atoms with Crippen LogP contribution in [0, 0.1) is 0 Å². The van der Waals surface area contributed by atoms with Crippen LogP contribution in [0.4, 0.5) is 0 Å². The van der Waals surface area contributed by atoms with Gasteiger partial charge in [-0.05, 0) is 42.8 Å². The molecule has 110 valence electrons. The number of benzene rings is 1. The molecule has 2 rings (SSSR count). The lowest BCUT2D eigenvalue weighted by Crippen LogP contribution is -2.36. The molecular formula is C16H18N2O3. The Morgan fingerprint density at radius 3 is 2.29 bits per heavy atom. The molecule has 21 heavy (non-hydrogen) atoms. The second-order valence-corrected chi connectivity index (χ2v) is 4.76. The first kappa shape index (κ1) is 14.8. The number of aliphatic carboxylic acids is 1.